The van der Waals surface area contributed by atoms with Gasteiger partial charge in [0.2, 0.25) is 0 Å². The summed E-state index contributed by atoms with van der Waals surface area (Å²) in [7, 11) is 0. The second kappa shape index (κ2) is 6.54. The van der Waals surface area contributed by atoms with Crippen molar-refractivity contribution in [1.29, 1.82) is 0 Å². The molecule has 2 atom stereocenters. The predicted octanol–water partition coefficient (Wildman–Crippen LogP) is 3.71. The topological polar surface area (TPSA) is 69.6 Å². The van der Waals surface area contributed by atoms with E-state index in [0.29, 0.717) is 22.3 Å². The second-order valence-electron chi connectivity index (χ2n) is 5.16. The van der Waals surface area contributed by atoms with Crippen LogP contribution in [0.5, 0.6) is 0 Å². The molecule has 1 heterocycles. The van der Waals surface area contributed by atoms with E-state index in [2.05, 4.69) is 5.32 Å². The molecule has 1 aromatic carbocycles. The van der Waals surface area contributed by atoms with Gasteiger partial charge in [-0.25, -0.2) is 9.59 Å². The summed E-state index contributed by atoms with van der Waals surface area (Å²) in [5.74, 6) is -1.05. The van der Waals surface area contributed by atoms with Gasteiger partial charge in [-0.15, -0.1) is 0 Å². The Labute approximate surface area is 132 Å². The van der Waals surface area contributed by atoms with Crippen molar-refractivity contribution in [2.24, 2.45) is 5.92 Å². The van der Waals surface area contributed by atoms with Gasteiger partial charge < -0.3 is 15.3 Å². The summed E-state index contributed by atoms with van der Waals surface area (Å²) in [5.41, 5.74) is 0.483. The van der Waals surface area contributed by atoms with Crippen LogP contribution in [0.4, 0.5) is 10.5 Å². The Morgan fingerprint density at radius 1 is 1.33 bits per heavy atom. The molecule has 1 aromatic rings. The van der Waals surface area contributed by atoms with E-state index in [1.54, 1.807) is 12.1 Å². The largest absolute Gasteiger partial charge is 0.480 e. The number of nitrogens with one attached hydrogen (secondary N) is 1. The second-order valence-corrected chi connectivity index (χ2v) is 5.97. The Morgan fingerprint density at radius 3 is 2.67 bits per heavy atom. The molecule has 5 nitrogen and oxygen atoms in total. The van der Waals surface area contributed by atoms with Crippen LogP contribution in [0.15, 0.2) is 18.2 Å². The molecule has 1 aliphatic rings. The summed E-state index contributed by atoms with van der Waals surface area (Å²) in [6, 6.07) is 3.49. The number of carbonyl (C=O) groups excluding carboxylic acids is 1. The van der Waals surface area contributed by atoms with Gasteiger partial charge in [0.25, 0.3) is 0 Å². The molecule has 2 rings (SSSR count). The fourth-order valence-electron chi connectivity index (χ4n) is 2.56. The smallest absolute Gasteiger partial charge is 0.326 e. The van der Waals surface area contributed by atoms with Gasteiger partial charge in [0, 0.05) is 12.2 Å². The number of likely N-dealkylation sites (tertiary alicyclic amines) is 1. The Kier molecular flexibility index (Phi) is 4.96. The molecule has 2 unspecified atom stereocenters. The predicted molar refractivity (Wildman–Crippen MR) is 82.0 cm³/mol. The van der Waals surface area contributed by atoms with Crippen molar-refractivity contribution in [3.63, 3.8) is 0 Å². The highest BCUT2D eigenvalue weighted by Gasteiger charge is 2.37. The van der Waals surface area contributed by atoms with Crippen molar-refractivity contribution in [3.8, 4) is 0 Å². The number of hydrogen-bond donors (Lipinski definition) is 2. The summed E-state index contributed by atoms with van der Waals surface area (Å²) in [5, 5.41) is 12.7. The summed E-state index contributed by atoms with van der Waals surface area (Å²) >= 11 is 11.7. The van der Waals surface area contributed by atoms with Crippen molar-refractivity contribution < 1.29 is 14.7 Å². The molecule has 2 amide bonds. The Bertz CT molecular complexity index is 565. The SMILES string of the molecule is CC1CCCN(C(=O)Nc2ccc(Cl)c(Cl)c2)C1C(=O)O. The number of carboxylic acid groups (broad SMARTS) is 1. The lowest BCUT2D eigenvalue weighted by Gasteiger charge is -2.37. The van der Waals surface area contributed by atoms with Crippen LogP contribution in [-0.4, -0.2) is 34.6 Å². The number of piperidine rings is 1. The summed E-state index contributed by atoms with van der Waals surface area (Å²) < 4.78 is 0. The zero-order chi connectivity index (χ0) is 15.6. The molecule has 7 heteroatoms. The number of rotatable bonds is 2. The standard InChI is InChI=1S/C14H16Cl2N2O3/c1-8-3-2-6-18(12(8)13(19)20)14(21)17-9-4-5-10(15)11(16)7-9/h4-5,7-8,12H,2-3,6H2,1H3,(H,17,21)(H,19,20). The first-order valence-corrected chi connectivity index (χ1v) is 7.41. The third-order valence-corrected chi connectivity index (χ3v) is 4.36. The first kappa shape index (κ1) is 15.9. The number of benzene rings is 1. The van der Waals surface area contributed by atoms with Crippen LogP contribution in [0.25, 0.3) is 0 Å². The van der Waals surface area contributed by atoms with Gasteiger partial charge in [0.15, 0.2) is 0 Å². The third kappa shape index (κ3) is 3.60. The van der Waals surface area contributed by atoms with Gasteiger partial charge in [-0.1, -0.05) is 30.1 Å². The molecular weight excluding hydrogens is 315 g/mol. The number of anilines is 1. The van der Waals surface area contributed by atoms with Crippen molar-refractivity contribution >= 4 is 40.9 Å². The number of halogens is 2. The van der Waals surface area contributed by atoms with Gasteiger partial charge in [0.05, 0.1) is 10.0 Å². The maximum atomic E-state index is 12.3. The van der Waals surface area contributed by atoms with Crippen LogP contribution >= 0.6 is 23.2 Å². The van der Waals surface area contributed by atoms with E-state index in [0.717, 1.165) is 12.8 Å². The van der Waals surface area contributed by atoms with Crippen LogP contribution in [-0.2, 0) is 4.79 Å². The van der Waals surface area contributed by atoms with Crippen LogP contribution in [0, 0.1) is 5.92 Å². The van der Waals surface area contributed by atoms with Gasteiger partial charge in [-0.2, -0.15) is 0 Å². The average Bonchev–Trinajstić information content (AvgIpc) is 2.42. The highest BCUT2D eigenvalue weighted by molar-refractivity contribution is 6.42. The molecule has 114 valence electrons. The highest BCUT2D eigenvalue weighted by atomic mass is 35.5. The molecule has 0 aromatic heterocycles. The molecule has 0 aliphatic carbocycles. The Morgan fingerprint density at radius 2 is 2.05 bits per heavy atom. The minimum absolute atomic E-state index is 0.0733. The number of amides is 2. The fourth-order valence-corrected chi connectivity index (χ4v) is 2.86. The van der Waals surface area contributed by atoms with Crippen molar-refractivity contribution in [2.75, 3.05) is 11.9 Å². The van der Waals surface area contributed by atoms with E-state index in [-0.39, 0.29) is 5.92 Å². The molecule has 1 fully saturated rings. The highest BCUT2D eigenvalue weighted by Crippen LogP contribution is 2.27. The van der Waals surface area contributed by atoms with Crippen LogP contribution in [0.2, 0.25) is 10.0 Å². The van der Waals surface area contributed by atoms with E-state index >= 15 is 0 Å². The molecule has 2 N–H and O–H groups in total. The molecule has 21 heavy (non-hydrogen) atoms. The summed E-state index contributed by atoms with van der Waals surface area (Å²) in [6.07, 6.45) is 1.59. The van der Waals surface area contributed by atoms with E-state index in [4.69, 9.17) is 23.2 Å². The number of carboxylic acids is 1. The van der Waals surface area contributed by atoms with Gasteiger partial charge >= 0.3 is 12.0 Å². The minimum atomic E-state index is -0.980. The lowest BCUT2D eigenvalue weighted by molar-refractivity contribution is -0.145. The van der Waals surface area contributed by atoms with Gasteiger partial charge in [-0.3, -0.25) is 0 Å². The third-order valence-electron chi connectivity index (χ3n) is 3.62. The van der Waals surface area contributed by atoms with Crippen LogP contribution < -0.4 is 5.32 Å². The fraction of sp³-hybridized carbons (Fsp3) is 0.429. The molecule has 0 spiro atoms. The number of urea groups is 1. The quantitative estimate of drug-likeness (QED) is 0.868. The lowest BCUT2D eigenvalue weighted by atomic mass is 9.91. The minimum Gasteiger partial charge on any atom is -0.480 e. The number of aliphatic carboxylic acids is 1. The zero-order valence-electron chi connectivity index (χ0n) is 11.5. The van der Waals surface area contributed by atoms with Crippen LogP contribution in [0.3, 0.4) is 0 Å². The van der Waals surface area contributed by atoms with Crippen molar-refractivity contribution in [3.05, 3.63) is 28.2 Å². The molecule has 1 aliphatic heterocycles. The molecule has 0 radical (unpaired) electrons. The van der Waals surface area contributed by atoms with Gasteiger partial charge in [-0.05, 0) is 37.0 Å². The summed E-state index contributed by atoms with van der Waals surface area (Å²) in [6.45, 7) is 2.27. The number of hydrogen-bond acceptors (Lipinski definition) is 2. The number of carbonyl (C=O) groups is 2. The van der Waals surface area contributed by atoms with Crippen molar-refractivity contribution in [1.82, 2.24) is 4.90 Å². The molecular formula is C14H16Cl2N2O3. The van der Waals surface area contributed by atoms with E-state index in [1.165, 1.54) is 11.0 Å². The normalized spacial score (nSPS) is 22.0. The monoisotopic (exact) mass is 330 g/mol. The van der Waals surface area contributed by atoms with E-state index in [1.807, 2.05) is 6.92 Å². The summed E-state index contributed by atoms with van der Waals surface area (Å²) in [4.78, 5) is 25.0. The molecule has 1 saturated heterocycles. The molecule has 0 saturated carbocycles. The van der Waals surface area contributed by atoms with E-state index in [9.17, 15) is 14.7 Å². The Balaban J connectivity index is 2.14. The average molecular weight is 331 g/mol. The lowest BCUT2D eigenvalue weighted by Crippen LogP contribution is -2.53. The van der Waals surface area contributed by atoms with Gasteiger partial charge in [0.1, 0.15) is 6.04 Å². The maximum Gasteiger partial charge on any atom is 0.326 e. The van der Waals surface area contributed by atoms with Crippen molar-refractivity contribution in [2.45, 2.75) is 25.8 Å². The molecule has 0 bridgehead atoms. The number of nitrogens with zero attached hydrogens (tertiary/aromatic N) is 1. The van der Waals surface area contributed by atoms with Crippen LogP contribution in [0.1, 0.15) is 19.8 Å². The first-order chi connectivity index (χ1) is 9.90. The first-order valence-electron chi connectivity index (χ1n) is 6.65. The maximum absolute atomic E-state index is 12.3. The van der Waals surface area contributed by atoms with E-state index < -0.39 is 18.0 Å². The Hall–Kier alpha value is -1.46. The zero-order valence-corrected chi connectivity index (χ0v) is 13.0.